The number of Topliss-reactive ketones (excluding diaryl/α,β-unsaturated/α-hetero) is 1. The third kappa shape index (κ3) is 5.23. The minimum Gasteiger partial charge on any atom is -0.347 e. The van der Waals surface area contributed by atoms with Crippen LogP contribution in [0.2, 0.25) is 0 Å². The van der Waals surface area contributed by atoms with Crippen molar-refractivity contribution in [2.75, 3.05) is 13.2 Å². The van der Waals surface area contributed by atoms with Gasteiger partial charge in [-0.3, -0.25) is 4.79 Å². The van der Waals surface area contributed by atoms with Crippen molar-refractivity contribution in [1.29, 1.82) is 0 Å². The number of hydrogen-bond donors (Lipinski definition) is 0. The summed E-state index contributed by atoms with van der Waals surface area (Å²) in [5.41, 5.74) is 0. The van der Waals surface area contributed by atoms with E-state index >= 15 is 0 Å². The summed E-state index contributed by atoms with van der Waals surface area (Å²) in [4.78, 5) is 12.0. The predicted molar refractivity (Wildman–Crippen MR) is 79.2 cm³/mol. The fourth-order valence-corrected chi connectivity index (χ4v) is 2.64. The SMILES string of the molecule is CC.CCCCCC1(C(CC)C(=O)CC)OCCO1. The smallest absolute Gasteiger partial charge is 0.178 e. The maximum absolute atomic E-state index is 12.0. The molecule has 0 aromatic rings. The monoisotopic (exact) mass is 272 g/mol. The second kappa shape index (κ2) is 10.4. The summed E-state index contributed by atoms with van der Waals surface area (Å²) in [6.45, 7) is 11.4. The molecule has 1 atom stereocenters. The molecule has 114 valence electrons. The summed E-state index contributed by atoms with van der Waals surface area (Å²) < 4.78 is 11.6. The maximum atomic E-state index is 12.0. The fraction of sp³-hybridized carbons (Fsp3) is 0.938. The Bertz CT molecular complexity index is 232. The Kier molecular flexibility index (Phi) is 10.2. The van der Waals surface area contributed by atoms with Crippen molar-refractivity contribution in [3.63, 3.8) is 0 Å². The first kappa shape index (κ1) is 18.6. The van der Waals surface area contributed by atoms with Crippen molar-refractivity contribution in [2.24, 2.45) is 5.92 Å². The van der Waals surface area contributed by atoms with Crippen LogP contribution in [0, 0.1) is 5.92 Å². The number of hydrogen-bond acceptors (Lipinski definition) is 3. The van der Waals surface area contributed by atoms with E-state index in [1.807, 2.05) is 27.7 Å². The van der Waals surface area contributed by atoms with Gasteiger partial charge in [0.05, 0.1) is 19.1 Å². The summed E-state index contributed by atoms with van der Waals surface area (Å²) in [5, 5.41) is 0. The zero-order valence-electron chi connectivity index (χ0n) is 13.5. The standard InChI is InChI=1S/C14H26O3.C2H6/c1-4-7-8-9-14(16-10-11-17-14)12(5-2)13(15)6-3;1-2/h12H,4-11H2,1-3H3;1-2H3. The molecule has 1 rings (SSSR count). The largest absolute Gasteiger partial charge is 0.347 e. The summed E-state index contributed by atoms with van der Waals surface area (Å²) in [5.74, 6) is -0.436. The Morgan fingerprint density at radius 3 is 2.11 bits per heavy atom. The minimum absolute atomic E-state index is 0.0909. The molecule has 3 heteroatoms. The quantitative estimate of drug-likeness (QED) is 0.616. The normalized spacial score (nSPS) is 18.6. The molecule has 0 saturated carbocycles. The fourth-order valence-electron chi connectivity index (χ4n) is 2.64. The highest BCUT2D eigenvalue weighted by Crippen LogP contribution is 2.36. The molecule has 1 heterocycles. The van der Waals surface area contributed by atoms with Crippen LogP contribution in [0.25, 0.3) is 0 Å². The molecule has 0 aliphatic carbocycles. The average molecular weight is 272 g/mol. The highest BCUT2D eigenvalue weighted by atomic mass is 16.7. The van der Waals surface area contributed by atoms with Crippen LogP contribution in [0.5, 0.6) is 0 Å². The summed E-state index contributed by atoms with van der Waals surface area (Å²) in [6, 6.07) is 0. The zero-order valence-corrected chi connectivity index (χ0v) is 13.5. The molecule has 1 saturated heterocycles. The van der Waals surface area contributed by atoms with E-state index in [1.165, 1.54) is 12.8 Å². The Morgan fingerprint density at radius 1 is 1.11 bits per heavy atom. The molecule has 1 aliphatic rings. The number of rotatable bonds is 8. The van der Waals surface area contributed by atoms with E-state index in [1.54, 1.807) is 0 Å². The van der Waals surface area contributed by atoms with Crippen LogP contribution in [-0.2, 0) is 14.3 Å². The van der Waals surface area contributed by atoms with Gasteiger partial charge in [0.1, 0.15) is 5.78 Å². The molecule has 0 aromatic heterocycles. The molecule has 1 fully saturated rings. The third-order valence-corrected chi connectivity index (χ3v) is 3.58. The van der Waals surface area contributed by atoms with Gasteiger partial charge in [0.2, 0.25) is 0 Å². The van der Waals surface area contributed by atoms with E-state index in [0.717, 1.165) is 19.3 Å². The second-order valence-corrected chi connectivity index (χ2v) is 4.75. The third-order valence-electron chi connectivity index (χ3n) is 3.58. The van der Waals surface area contributed by atoms with Crippen LogP contribution in [0.15, 0.2) is 0 Å². The number of ether oxygens (including phenoxy) is 2. The van der Waals surface area contributed by atoms with Gasteiger partial charge in [0.25, 0.3) is 0 Å². The lowest BCUT2D eigenvalue weighted by molar-refractivity contribution is -0.202. The summed E-state index contributed by atoms with van der Waals surface area (Å²) >= 11 is 0. The number of unbranched alkanes of at least 4 members (excludes halogenated alkanes) is 2. The van der Waals surface area contributed by atoms with Gasteiger partial charge >= 0.3 is 0 Å². The van der Waals surface area contributed by atoms with Crippen LogP contribution in [0.3, 0.4) is 0 Å². The van der Waals surface area contributed by atoms with E-state index in [4.69, 9.17) is 9.47 Å². The van der Waals surface area contributed by atoms with Gasteiger partial charge < -0.3 is 9.47 Å². The van der Waals surface area contributed by atoms with Gasteiger partial charge in [-0.2, -0.15) is 0 Å². The number of carbonyl (C=O) groups is 1. The van der Waals surface area contributed by atoms with Gasteiger partial charge in [-0.25, -0.2) is 0 Å². The molecule has 0 spiro atoms. The molecule has 19 heavy (non-hydrogen) atoms. The lowest BCUT2D eigenvalue weighted by Crippen LogP contribution is -2.43. The van der Waals surface area contributed by atoms with Crippen molar-refractivity contribution in [2.45, 2.75) is 78.9 Å². The van der Waals surface area contributed by atoms with Crippen LogP contribution in [0.1, 0.15) is 73.1 Å². The first-order valence-electron chi connectivity index (χ1n) is 8.00. The Hall–Kier alpha value is -0.410. The van der Waals surface area contributed by atoms with Crippen LogP contribution in [0.4, 0.5) is 0 Å². The van der Waals surface area contributed by atoms with E-state index in [0.29, 0.717) is 19.6 Å². The van der Waals surface area contributed by atoms with Gasteiger partial charge in [-0.1, -0.05) is 47.5 Å². The Balaban J connectivity index is 0.00000154. The van der Waals surface area contributed by atoms with E-state index in [-0.39, 0.29) is 11.7 Å². The highest BCUT2D eigenvalue weighted by molar-refractivity contribution is 5.81. The van der Waals surface area contributed by atoms with Crippen molar-refractivity contribution >= 4 is 5.78 Å². The van der Waals surface area contributed by atoms with Gasteiger partial charge in [0.15, 0.2) is 5.79 Å². The van der Waals surface area contributed by atoms with Gasteiger partial charge in [-0.05, 0) is 12.8 Å². The molecule has 0 bridgehead atoms. The first-order chi connectivity index (χ1) is 9.20. The number of carbonyl (C=O) groups excluding carboxylic acids is 1. The molecular formula is C16H32O3. The van der Waals surface area contributed by atoms with Crippen LogP contribution >= 0.6 is 0 Å². The van der Waals surface area contributed by atoms with Crippen LogP contribution < -0.4 is 0 Å². The van der Waals surface area contributed by atoms with Gasteiger partial charge in [-0.15, -0.1) is 0 Å². The summed E-state index contributed by atoms with van der Waals surface area (Å²) in [7, 11) is 0. The molecule has 1 unspecified atom stereocenters. The lowest BCUT2D eigenvalue weighted by atomic mass is 9.86. The average Bonchev–Trinajstić information content (AvgIpc) is 2.91. The zero-order chi connectivity index (χ0) is 14.7. The molecule has 3 nitrogen and oxygen atoms in total. The molecule has 0 aromatic carbocycles. The molecule has 0 amide bonds. The van der Waals surface area contributed by atoms with Crippen molar-refractivity contribution in [3.05, 3.63) is 0 Å². The van der Waals surface area contributed by atoms with E-state index < -0.39 is 5.79 Å². The minimum atomic E-state index is -0.614. The first-order valence-corrected chi connectivity index (χ1v) is 8.00. The van der Waals surface area contributed by atoms with Crippen molar-refractivity contribution in [1.82, 2.24) is 0 Å². The van der Waals surface area contributed by atoms with E-state index in [2.05, 4.69) is 6.92 Å². The Labute approximate surface area is 119 Å². The second-order valence-electron chi connectivity index (χ2n) is 4.75. The van der Waals surface area contributed by atoms with Crippen LogP contribution in [-0.4, -0.2) is 24.8 Å². The van der Waals surface area contributed by atoms with Crippen molar-refractivity contribution < 1.29 is 14.3 Å². The highest BCUT2D eigenvalue weighted by Gasteiger charge is 2.45. The number of ketones is 1. The lowest BCUT2D eigenvalue weighted by Gasteiger charge is -2.34. The summed E-state index contributed by atoms with van der Waals surface area (Å²) in [6.07, 6.45) is 5.65. The van der Waals surface area contributed by atoms with Crippen molar-refractivity contribution in [3.8, 4) is 0 Å². The molecule has 0 radical (unpaired) electrons. The van der Waals surface area contributed by atoms with Gasteiger partial charge in [0, 0.05) is 12.8 Å². The molecule has 0 N–H and O–H groups in total. The predicted octanol–water partition coefficient (Wildman–Crippen LogP) is 4.34. The molecular weight excluding hydrogens is 240 g/mol. The topological polar surface area (TPSA) is 35.5 Å². The molecule has 1 aliphatic heterocycles. The maximum Gasteiger partial charge on any atom is 0.178 e. The van der Waals surface area contributed by atoms with E-state index in [9.17, 15) is 4.79 Å². The Morgan fingerprint density at radius 2 is 1.68 bits per heavy atom.